The van der Waals surface area contributed by atoms with E-state index < -0.39 is 61.0 Å². The highest BCUT2D eigenvalue weighted by atomic mass is 19.4. The summed E-state index contributed by atoms with van der Waals surface area (Å²) in [4.78, 5) is 11.0. The summed E-state index contributed by atoms with van der Waals surface area (Å²) in [6.07, 6.45) is -34.4. The molecule has 0 aromatic carbocycles. The molecule has 4 nitrogen and oxygen atoms in total. The van der Waals surface area contributed by atoms with E-state index >= 15 is 0 Å². The maximum absolute atomic E-state index is 13.8. The Bertz CT molecular complexity index is 760. The number of carbonyl (C=O) groups is 1. The third-order valence-electron chi connectivity index (χ3n) is 2.91. The molecule has 2 atom stereocenters. The zero-order valence-corrected chi connectivity index (χ0v) is 14.3. The number of terminal acetylenes is 1. The van der Waals surface area contributed by atoms with Crippen LogP contribution in [0.25, 0.3) is 0 Å². The Balaban J connectivity index is 6.71. The summed E-state index contributed by atoms with van der Waals surface area (Å²) in [5, 5.41) is 0. The number of alkyl halides is 17. The molecule has 0 unspecified atom stereocenters. The van der Waals surface area contributed by atoms with E-state index in [4.69, 9.17) is 0 Å². The van der Waals surface area contributed by atoms with Crippen LogP contribution in [0.5, 0.6) is 0 Å². The lowest BCUT2D eigenvalue weighted by molar-refractivity contribution is -0.548. The van der Waals surface area contributed by atoms with Crippen LogP contribution in [0, 0.1) is 12.3 Å². The van der Waals surface area contributed by atoms with Crippen molar-refractivity contribution in [3.8, 4) is 12.3 Å². The molecule has 33 heavy (non-hydrogen) atoms. The van der Waals surface area contributed by atoms with Gasteiger partial charge in [0, 0.05) is 0 Å². The third-order valence-corrected chi connectivity index (χ3v) is 2.91. The second-order valence-corrected chi connectivity index (χ2v) is 5.28. The fourth-order valence-electron chi connectivity index (χ4n) is 1.35. The fraction of sp³-hybridized carbons (Fsp3) is 0.750. The molecule has 0 amide bonds. The molecule has 21 heteroatoms. The summed E-state index contributed by atoms with van der Waals surface area (Å²) in [7, 11) is 0. The van der Waals surface area contributed by atoms with Gasteiger partial charge < -0.3 is 4.74 Å². The van der Waals surface area contributed by atoms with Gasteiger partial charge in [-0.05, 0) is 0 Å². The first-order valence-electron chi connectivity index (χ1n) is 6.87. The van der Waals surface area contributed by atoms with Crippen molar-refractivity contribution in [2.24, 2.45) is 0 Å². The van der Waals surface area contributed by atoms with E-state index in [1.54, 1.807) is 4.74 Å². The summed E-state index contributed by atoms with van der Waals surface area (Å²) < 4.78 is 224. The standard InChI is InChI=1S/C12H3F17O4/c1-2-3-31-4(30)5(13,8(17,18)19)32-12(28,29)7(16,10(23,24)25)33-11(26,27)6(14,15)9(20,21)22/h1H,3H2/t5-,7-/m1/s1. The molecule has 0 bridgehead atoms. The fourth-order valence-corrected chi connectivity index (χ4v) is 1.35. The van der Waals surface area contributed by atoms with E-state index in [2.05, 4.69) is 11.2 Å². The molecule has 0 aliphatic heterocycles. The van der Waals surface area contributed by atoms with Crippen molar-refractivity contribution in [1.82, 2.24) is 0 Å². The Kier molecular flexibility index (Phi) is 7.94. The van der Waals surface area contributed by atoms with Gasteiger partial charge in [0.15, 0.2) is 6.61 Å². The minimum absolute atomic E-state index is 1.11. The molecular formula is C12H3F17O4. The van der Waals surface area contributed by atoms with E-state index in [1.807, 2.05) is 0 Å². The number of hydrogen-bond donors (Lipinski definition) is 0. The Hall–Kier alpha value is -2.24. The maximum Gasteiger partial charge on any atom is 0.462 e. The van der Waals surface area contributed by atoms with E-state index in [9.17, 15) is 79.4 Å². The number of rotatable bonds is 8. The lowest BCUT2D eigenvalue weighted by atomic mass is 10.2. The second-order valence-electron chi connectivity index (χ2n) is 5.28. The molecule has 0 rings (SSSR count). The Labute approximate surface area is 168 Å². The molecule has 0 saturated carbocycles. The number of esters is 1. The topological polar surface area (TPSA) is 44.8 Å². The number of halogens is 17. The molecule has 0 aromatic rings. The molecule has 0 aliphatic rings. The average molecular weight is 534 g/mol. The van der Waals surface area contributed by atoms with Gasteiger partial charge in [0.1, 0.15) is 0 Å². The van der Waals surface area contributed by atoms with Crippen LogP contribution in [0.15, 0.2) is 0 Å². The van der Waals surface area contributed by atoms with Gasteiger partial charge in [-0.3, -0.25) is 9.47 Å². The SMILES string of the molecule is C#CCOC(=O)[C@@](F)(OC(F)(F)[C@](F)(OC(F)(F)C(F)(F)C(F)(F)F)C(F)(F)F)C(F)(F)F. The molecule has 0 radical (unpaired) electrons. The lowest BCUT2D eigenvalue weighted by Gasteiger charge is -2.39. The van der Waals surface area contributed by atoms with Crippen molar-refractivity contribution >= 4 is 5.97 Å². The first kappa shape index (κ1) is 30.8. The minimum atomic E-state index is -8.08. The van der Waals surface area contributed by atoms with Crippen LogP contribution >= 0.6 is 0 Å². The quantitative estimate of drug-likeness (QED) is 0.249. The number of ether oxygens (including phenoxy) is 3. The zero-order chi connectivity index (χ0) is 27.1. The van der Waals surface area contributed by atoms with Crippen LogP contribution in [-0.4, -0.2) is 61.0 Å². The van der Waals surface area contributed by atoms with Crippen molar-refractivity contribution in [1.29, 1.82) is 0 Å². The number of hydrogen-bond acceptors (Lipinski definition) is 4. The highest BCUT2D eigenvalue weighted by molar-refractivity contribution is 5.79. The molecule has 0 saturated heterocycles. The van der Waals surface area contributed by atoms with E-state index in [0.717, 1.165) is 5.92 Å². The monoisotopic (exact) mass is 534 g/mol. The van der Waals surface area contributed by atoms with Gasteiger partial charge in [0.25, 0.3) is 0 Å². The van der Waals surface area contributed by atoms with Gasteiger partial charge in [0.05, 0.1) is 0 Å². The smallest absolute Gasteiger partial charge is 0.448 e. The molecule has 0 spiro atoms. The van der Waals surface area contributed by atoms with E-state index in [-0.39, 0.29) is 0 Å². The van der Waals surface area contributed by atoms with Gasteiger partial charge in [-0.2, -0.15) is 74.6 Å². The third kappa shape index (κ3) is 5.47. The predicted octanol–water partition coefficient (Wildman–Crippen LogP) is 5.04. The average Bonchev–Trinajstić information content (AvgIpc) is 2.55. The molecule has 194 valence electrons. The van der Waals surface area contributed by atoms with Crippen LogP contribution in [-0.2, 0) is 19.0 Å². The largest absolute Gasteiger partial charge is 0.462 e. The number of carbonyl (C=O) groups excluding carboxylic acids is 1. The van der Waals surface area contributed by atoms with Gasteiger partial charge in [0.2, 0.25) is 0 Å². The van der Waals surface area contributed by atoms with E-state index in [1.165, 1.54) is 4.74 Å². The lowest BCUT2D eigenvalue weighted by Crippen LogP contribution is -2.68. The van der Waals surface area contributed by atoms with Crippen LogP contribution in [0.4, 0.5) is 74.6 Å². The summed E-state index contributed by atoms with van der Waals surface area (Å²) >= 11 is 0. The normalized spacial score (nSPS) is 18.2. The van der Waals surface area contributed by atoms with Crippen molar-refractivity contribution < 1.29 is 93.6 Å². The highest BCUT2D eigenvalue weighted by Crippen LogP contribution is 2.56. The van der Waals surface area contributed by atoms with Gasteiger partial charge in [-0.15, -0.1) is 6.42 Å². The summed E-state index contributed by atoms with van der Waals surface area (Å²) in [6, 6.07) is 0. The van der Waals surface area contributed by atoms with Crippen molar-refractivity contribution in [2.45, 2.75) is 48.4 Å². The Morgan fingerprint density at radius 2 is 1.06 bits per heavy atom. The van der Waals surface area contributed by atoms with Gasteiger partial charge in [-0.1, -0.05) is 5.92 Å². The summed E-state index contributed by atoms with van der Waals surface area (Å²) in [6.45, 7) is -1.73. The Morgan fingerprint density at radius 1 is 0.636 bits per heavy atom. The zero-order valence-electron chi connectivity index (χ0n) is 14.3. The summed E-state index contributed by atoms with van der Waals surface area (Å²) in [5.74, 6) is -25.5. The maximum atomic E-state index is 13.8. The van der Waals surface area contributed by atoms with Crippen molar-refractivity contribution in [3.05, 3.63) is 0 Å². The van der Waals surface area contributed by atoms with E-state index in [0.29, 0.717) is 0 Å². The molecule has 0 aliphatic carbocycles. The van der Waals surface area contributed by atoms with Crippen LogP contribution < -0.4 is 0 Å². The van der Waals surface area contributed by atoms with Gasteiger partial charge in [-0.25, -0.2) is 4.79 Å². The molecule has 0 fully saturated rings. The van der Waals surface area contributed by atoms with Crippen LogP contribution in [0.1, 0.15) is 0 Å². The van der Waals surface area contributed by atoms with Gasteiger partial charge >= 0.3 is 54.3 Å². The Morgan fingerprint density at radius 3 is 1.36 bits per heavy atom. The van der Waals surface area contributed by atoms with Crippen molar-refractivity contribution in [2.75, 3.05) is 6.61 Å². The van der Waals surface area contributed by atoms with Crippen molar-refractivity contribution in [3.63, 3.8) is 0 Å². The minimum Gasteiger partial charge on any atom is -0.448 e. The molecule has 0 aromatic heterocycles. The highest BCUT2D eigenvalue weighted by Gasteiger charge is 2.85. The van der Waals surface area contributed by atoms with Crippen LogP contribution in [0.2, 0.25) is 0 Å². The summed E-state index contributed by atoms with van der Waals surface area (Å²) in [5.41, 5.74) is 0. The van der Waals surface area contributed by atoms with Crippen LogP contribution in [0.3, 0.4) is 0 Å². The first-order valence-corrected chi connectivity index (χ1v) is 6.87. The second kappa shape index (κ2) is 8.52. The molecule has 0 N–H and O–H groups in total. The molecule has 0 heterocycles. The molecular weight excluding hydrogens is 531 g/mol. The predicted molar refractivity (Wildman–Crippen MR) is 62.6 cm³/mol. The first-order chi connectivity index (χ1) is 14.1.